The van der Waals surface area contributed by atoms with E-state index in [0.29, 0.717) is 34.0 Å². The average molecular weight is 737 g/mol. The van der Waals surface area contributed by atoms with Crippen LogP contribution in [0.25, 0.3) is 44.3 Å². The minimum Gasteiger partial charge on any atom is -0.465 e. The monoisotopic (exact) mass is 736 g/mol. The highest BCUT2D eigenvalue weighted by Gasteiger charge is 2.40. The van der Waals surface area contributed by atoms with Gasteiger partial charge in [0.25, 0.3) is 0 Å². The zero-order valence-corrected chi connectivity index (χ0v) is 29.2. The van der Waals surface area contributed by atoms with Crippen molar-refractivity contribution in [2.45, 2.75) is 33.3 Å². The number of carbonyl (C=O) groups is 1. The third kappa shape index (κ3) is 5.76. The summed E-state index contributed by atoms with van der Waals surface area (Å²) in [5.74, 6) is -1.21. The van der Waals surface area contributed by atoms with Crippen molar-refractivity contribution in [1.82, 2.24) is 40.2 Å². The Morgan fingerprint density at radius 1 is 0.722 bits per heavy atom. The Labute approximate surface area is 302 Å². The van der Waals surface area contributed by atoms with Gasteiger partial charge in [-0.3, -0.25) is 9.97 Å². The molecule has 0 saturated heterocycles. The smallest absolute Gasteiger partial charge is 0.340 e. The Bertz CT molecular complexity index is 2740. The molecule has 0 bridgehead atoms. The van der Waals surface area contributed by atoms with E-state index < -0.39 is 34.6 Å². The van der Waals surface area contributed by atoms with Gasteiger partial charge in [-0.2, -0.15) is 0 Å². The molecule has 8 rings (SSSR count). The topological polar surface area (TPSA) is 222 Å². The van der Waals surface area contributed by atoms with Crippen molar-refractivity contribution in [2.75, 3.05) is 7.11 Å². The molecule has 8 aromatic rings. The van der Waals surface area contributed by atoms with Crippen LogP contribution >= 0.6 is 0 Å². The lowest BCUT2D eigenvalue weighted by molar-refractivity contribution is 0.0602. The predicted molar refractivity (Wildman–Crippen MR) is 190 cm³/mol. The molecule has 15 nitrogen and oxygen atoms in total. The number of esters is 1. The van der Waals surface area contributed by atoms with Crippen LogP contribution in [0, 0.1) is 39.3 Å². The van der Waals surface area contributed by atoms with Crippen LogP contribution in [-0.4, -0.2) is 58.4 Å². The fourth-order valence-corrected chi connectivity index (χ4v) is 6.54. The number of imidazole rings is 2. The first-order valence-electron chi connectivity index (χ1n) is 16.2. The van der Waals surface area contributed by atoms with Gasteiger partial charge >= 0.3 is 17.3 Å². The Morgan fingerprint density at radius 3 is 1.63 bits per heavy atom. The molecule has 0 radical (unpaired) electrons. The van der Waals surface area contributed by atoms with Crippen molar-refractivity contribution in [3.05, 3.63) is 139 Å². The molecule has 0 saturated carbocycles. The number of halogens is 2. The standard InChI is InChI=1S/C23H18FN5O3.C14H12FN3O4/c1-12-18(13(2)32-29-12)14-11-15(20-21(19(14)24)28-22(30)27-20)23(31,16-7-3-5-9-25-16)17-8-4-6-10-26-17;1-5-9(6(2)22-18-5)7-4-8(13(19)21-3)11-12(10(7)15)17-14(20)16-11/h3-11,31H,1-2H3,(H2,27,28,30);4H,1-3H3,(H2,16,17,20). The Balaban J connectivity index is 0.000000179. The Morgan fingerprint density at radius 2 is 1.19 bits per heavy atom. The van der Waals surface area contributed by atoms with E-state index >= 15 is 4.39 Å². The number of ether oxygens (including phenoxy) is 1. The number of rotatable bonds is 6. The molecular formula is C37H30F2N8O7. The van der Waals surface area contributed by atoms with E-state index in [-0.39, 0.29) is 55.7 Å². The molecule has 6 heterocycles. The predicted octanol–water partition coefficient (Wildman–Crippen LogP) is 5.40. The lowest BCUT2D eigenvalue weighted by Crippen LogP contribution is -2.31. The molecule has 0 aliphatic heterocycles. The summed E-state index contributed by atoms with van der Waals surface area (Å²) in [6.45, 7) is 6.66. The first-order valence-corrected chi connectivity index (χ1v) is 16.2. The molecule has 0 aliphatic carbocycles. The van der Waals surface area contributed by atoms with Crippen LogP contribution in [0.4, 0.5) is 8.78 Å². The highest BCUT2D eigenvalue weighted by Crippen LogP contribution is 2.42. The molecule has 54 heavy (non-hydrogen) atoms. The van der Waals surface area contributed by atoms with Crippen LogP contribution in [-0.2, 0) is 10.3 Å². The first-order chi connectivity index (χ1) is 25.8. The van der Waals surface area contributed by atoms with Gasteiger partial charge in [0.1, 0.15) is 22.6 Å². The zero-order valence-electron chi connectivity index (χ0n) is 29.2. The number of H-pyrrole nitrogens is 4. The van der Waals surface area contributed by atoms with Gasteiger partial charge in [0.05, 0.1) is 57.6 Å². The highest BCUT2D eigenvalue weighted by atomic mass is 19.1. The summed E-state index contributed by atoms with van der Waals surface area (Å²) in [5.41, 5.74) is -0.269. The molecule has 0 amide bonds. The van der Waals surface area contributed by atoms with E-state index in [2.05, 4.69) is 45.0 Å². The van der Waals surface area contributed by atoms with Gasteiger partial charge in [0.15, 0.2) is 17.2 Å². The summed E-state index contributed by atoms with van der Waals surface area (Å²) >= 11 is 0. The van der Waals surface area contributed by atoms with Crippen LogP contribution in [0.5, 0.6) is 0 Å². The van der Waals surface area contributed by atoms with Gasteiger partial charge in [-0.25, -0.2) is 23.2 Å². The second kappa shape index (κ2) is 13.5. The lowest BCUT2D eigenvalue weighted by Gasteiger charge is -2.28. The third-order valence-electron chi connectivity index (χ3n) is 8.95. The Kier molecular flexibility index (Phi) is 8.86. The molecule has 0 atom stereocenters. The molecule has 0 fully saturated rings. The molecule has 5 N–H and O–H groups in total. The van der Waals surface area contributed by atoms with Crippen molar-refractivity contribution in [1.29, 1.82) is 0 Å². The summed E-state index contributed by atoms with van der Waals surface area (Å²) in [4.78, 5) is 54.1. The maximum atomic E-state index is 15.6. The fourth-order valence-electron chi connectivity index (χ4n) is 6.54. The molecule has 6 aromatic heterocycles. The van der Waals surface area contributed by atoms with Crippen molar-refractivity contribution in [3.8, 4) is 22.3 Å². The largest absolute Gasteiger partial charge is 0.465 e. The fraction of sp³-hybridized carbons (Fsp3) is 0.162. The number of aryl methyl sites for hydroxylation is 4. The van der Waals surface area contributed by atoms with Crippen molar-refractivity contribution in [2.24, 2.45) is 0 Å². The summed E-state index contributed by atoms with van der Waals surface area (Å²) in [7, 11) is 1.21. The Hall–Kier alpha value is -7.01. The summed E-state index contributed by atoms with van der Waals surface area (Å²) in [6, 6.07) is 13.0. The number of benzene rings is 2. The molecule has 17 heteroatoms. The number of pyridine rings is 2. The maximum Gasteiger partial charge on any atom is 0.340 e. The molecule has 0 unspecified atom stereocenters. The minimum atomic E-state index is -1.90. The van der Waals surface area contributed by atoms with E-state index in [1.165, 1.54) is 19.2 Å². The van der Waals surface area contributed by atoms with Crippen molar-refractivity contribution >= 4 is 28.0 Å². The third-order valence-corrected chi connectivity index (χ3v) is 8.95. The normalized spacial score (nSPS) is 11.6. The van der Waals surface area contributed by atoms with E-state index in [4.69, 9.17) is 9.05 Å². The average Bonchev–Trinajstić information content (AvgIpc) is 3.94. The first kappa shape index (κ1) is 35.4. The number of nitrogens with one attached hydrogen (secondary N) is 4. The number of hydrogen-bond donors (Lipinski definition) is 5. The SMILES string of the molecule is COC(=O)c1cc(-c2c(C)noc2C)c(F)c2[nH]c(=O)[nH]c12.Cc1noc(C)c1-c1cc(C(O)(c2ccccn2)c2ccccn2)c2[nH]c(=O)[nH]c2c1F. The van der Waals surface area contributed by atoms with Gasteiger partial charge in [-0.1, -0.05) is 22.4 Å². The molecule has 2 aromatic carbocycles. The van der Waals surface area contributed by atoms with Crippen LogP contribution in [0.2, 0.25) is 0 Å². The van der Waals surface area contributed by atoms with Gasteiger partial charge < -0.3 is 38.8 Å². The number of aromatic amines is 4. The van der Waals surface area contributed by atoms with Crippen LogP contribution in [0.1, 0.15) is 50.2 Å². The van der Waals surface area contributed by atoms with Crippen LogP contribution < -0.4 is 11.4 Å². The van der Waals surface area contributed by atoms with Crippen molar-refractivity contribution in [3.63, 3.8) is 0 Å². The second-order valence-electron chi connectivity index (χ2n) is 12.3. The van der Waals surface area contributed by atoms with Gasteiger partial charge in [-0.15, -0.1) is 0 Å². The number of aliphatic hydroxyl groups is 1. The van der Waals surface area contributed by atoms with Crippen LogP contribution in [0.15, 0.2) is 79.6 Å². The number of hydrogen-bond acceptors (Lipinski definition) is 11. The number of methoxy groups -OCH3 is 1. The van der Waals surface area contributed by atoms with E-state index in [1.807, 2.05) is 0 Å². The van der Waals surface area contributed by atoms with Gasteiger partial charge in [0.2, 0.25) is 0 Å². The number of nitrogens with zero attached hydrogens (tertiary/aromatic N) is 4. The summed E-state index contributed by atoms with van der Waals surface area (Å²) in [5, 5.41) is 19.9. The zero-order chi connectivity index (χ0) is 38.5. The lowest BCUT2D eigenvalue weighted by atomic mass is 9.83. The molecular weight excluding hydrogens is 706 g/mol. The number of aromatic nitrogens is 8. The second-order valence-corrected chi connectivity index (χ2v) is 12.3. The minimum absolute atomic E-state index is 0.0484. The molecule has 0 spiro atoms. The number of fused-ring (bicyclic) bond motifs is 2. The summed E-state index contributed by atoms with van der Waals surface area (Å²) in [6.07, 6.45) is 3.08. The maximum absolute atomic E-state index is 15.6. The van der Waals surface area contributed by atoms with E-state index in [1.54, 1.807) is 76.5 Å². The number of carbonyl (C=O) groups excluding carboxylic acids is 1. The van der Waals surface area contributed by atoms with E-state index in [9.17, 15) is 23.9 Å². The van der Waals surface area contributed by atoms with Crippen molar-refractivity contribution < 1.29 is 32.5 Å². The highest BCUT2D eigenvalue weighted by molar-refractivity contribution is 6.04. The molecule has 0 aliphatic rings. The van der Waals surface area contributed by atoms with Gasteiger partial charge in [0, 0.05) is 29.1 Å². The summed E-state index contributed by atoms with van der Waals surface area (Å²) < 4.78 is 45.3. The molecule has 274 valence electrons. The quantitative estimate of drug-likeness (QED) is 0.136. The van der Waals surface area contributed by atoms with Crippen LogP contribution in [0.3, 0.4) is 0 Å². The van der Waals surface area contributed by atoms with E-state index in [0.717, 1.165) is 0 Å². The van der Waals surface area contributed by atoms with Gasteiger partial charge in [-0.05, 0) is 64.1 Å².